The van der Waals surface area contributed by atoms with Crippen molar-refractivity contribution < 1.29 is 14.7 Å². The van der Waals surface area contributed by atoms with Gasteiger partial charge in [-0.25, -0.2) is 4.79 Å². The average Bonchev–Trinajstić information content (AvgIpc) is 2.33. The molecule has 1 aromatic rings. The van der Waals surface area contributed by atoms with Crippen molar-refractivity contribution in [3.63, 3.8) is 0 Å². The van der Waals surface area contributed by atoms with E-state index in [-0.39, 0.29) is 11.7 Å². The van der Waals surface area contributed by atoms with Crippen LogP contribution in [-0.2, 0) is 9.59 Å². The SMILES string of the molecule is CC(C)(C)[C@H](NC(=O)CSc1ccncc1)C(=O)O. The van der Waals surface area contributed by atoms with Gasteiger partial charge in [0.2, 0.25) is 5.91 Å². The van der Waals surface area contributed by atoms with Gasteiger partial charge in [0.25, 0.3) is 0 Å². The molecule has 1 atom stereocenters. The zero-order chi connectivity index (χ0) is 14.5. The van der Waals surface area contributed by atoms with Gasteiger partial charge in [0.1, 0.15) is 6.04 Å². The molecule has 6 heteroatoms. The van der Waals surface area contributed by atoms with Crippen LogP contribution in [0.3, 0.4) is 0 Å². The molecule has 1 amide bonds. The molecule has 0 unspecified atom stereocenters. The first-order chi connectivity index (χ1) is 8.80. The van der Waals surface area contributed by atoms with E-state index in [1.807, 2.05) is 0 Å². The van der Waals surface area contributed by atoms with Gasteiger partial charge in [-0.05, 0) is 17.5 Å². The largest absolute Gasteiger partial charge is 0.480 e. The van der Waals surface area contributed by atoms with E-state index < -0.39 is 17.4 Å². The number of aromatic nitrogens is 1. The molecular formula is C13H18N2O3S. The first-order valence-electron chi connectivity index (χ1n) is 5.85. The Hall–Kier alpha value is -1.56. The van der Waals surface area contributed by atoms with Gasteiger partial charge in [-0.3, -0.25) is 9.78 Å². The number of hydrogen-bond donors (Lipinski definition) is 2. The summed E-state index contributed by atoms with van der Waals surface area (Å²) >= 11 is 1.35. The number of nitrogens with zero attached hydrogens (tertiary/aromatic N) is 1. The van der Waals surface area contributed by atoms with E-state index in [0.29, 0.717) is 0 Å². The number of carboxylic acid groups (broad SMARTS) is 1. The smallest absolute Gasteiger partial charge is 0.326 e. The summed E-state index contributed by atoms with van der Waals surface area (Å²) in [6, 6.07) is 2.71. The van der Waals surface area contributed by atoms with Crippen molar-refractivity contribution in [2.24, 2.45) is 5.41 Å². The zero-order valence-electron chi connectivity index (χ0n) is 11.2. The molecule has 1 rings (SSSR count). The summed E-state index contributed by atoms with van der Waals surface area (Å²) in [5, 5.41) is 11.7. The van der Waals surface area contributed by atoms with Gasteiger partial charge in [-0.15, -0.1) is 11.8 Å². The summed E-state index contributed by atoms with van der Waals surface area (Å²) in [7, 11) is 0. The molecule has 1 aromatic heterocycles. The lowest BCUT2D eigenvalue weighted by molar-refractivity contribution is -0.144. The van der Waals surface area contributed by atoms with Crippen LogP contribution in [-0.4, -0.2) is 33.8 Å². The highest BCUT2D eigenvalue weighted by Gasteiger charge is 2.32. The standard InChI is InChI=1S/C13H18N2O3S/c1-13(2,3)11(12(17)18)15-10(16)8-19-9-4-6-14-7-5-9/h4-7,11H,8H2,1-3H3,(H,15,16)(H,17,18)/t11-/m1/s1. The first kappa shape index (κ1) is 15.5. The summed E-state index contributed by atoms with van der Waals surface area (Å²) in [5.74, 6) is -1.12. The molecule has 0 aliphatic carbocycles. The molecule has 0 radical (unpaired) electrons. The monoisotopic (exact) mass is 282 g/mol. The molecule has 0 bridgehead atoms. The van der Waals surface area contributed by atoms with Crippen LogP contribution in [0, 0.1) is 5.41 Å². The number of carbonyl (C=O) groups excluding carboxylic acids is 1. The van der Waals surface area contributed by atoms with E-state index in [0.717, 1.165) is 4.90 Å². The average molecular weight is 282 g/mol. The third-order valence-corrected chi connectivity index (χ3v) is 3.45. The Morgan fingerprint density at radius 2 is 1.95 bits per heavy atom. The van der Waals surface area contributed by atoms with Crippen molar-refractivity contribution in [1.29, 1.82) is 0 Å². The zero-order valence-corrected chi connectivity index (χ0v) is 12.0. The van der Waals surface area contributed by atoms with Crippen LogP contribution in [0.5, 0.6) is 0 Å². The van der Waals surface area contributed by atoms with Crippen molar-refractivity contribution in [3.05, 3.63) is 24.5 Å². The Morgan fingerprint density at radius 1 is 1.37 bits per heavy atom. The molecule has 1 heterocycles. The summed E-state index contributed by atoms with van der Waals surface area (Å²) in [4.78, 5) is 27.7. The van der Waals surface area contributed by atoms with E-state index in [4.69, 9.17) is 5.11 Å². The molecule has 0 aliphatic rings. The summed E-state index contributed by atoms with van der Waals surface area (Å²) in [6.45, 7) is 5.34. The van der Waals surface area contributed by atoms with Crippen molar-refractivity contribution >= 4 is 23.6 Å². The Bertz CT molecular complexity index is 443. The minimum Gasteiger partial charge on any atom is -0.480 e. The fraction of sp³-hybridized carbons (Fsp3) is 0.462. The van der Waals surface area contributed by atoms with Gasteiger partial charge in [-0.1, -0.05) is 20.8 Å². The van der Waals surface area contributed by atoms with Crippen LogP contribution in [0.4, 0.5) is 0 Å². The third kappa shape index (κ3) is 5.30. The van der Waals surface area contributed by atoms with Gasteiger partial charge in [0, 0.05) is 17.3 Å². The quantitative estimate of drug-likeness (QED) is 0.805. The molecule has 0 aliphatic heterocycles. The lowest BCUT2D eigenvalue weighted by Crippen LogP contribution is -2.49. The summed E-state index contributed by atoms with van der Waals surface area (Å²) < 4.78 is 0. The Morgan fingerprint density at radius 3 is 2.42 bits per heavy atom. The van der Waals surface area contributed by atoms with Crippen LogP contribution in [0.25, 0.3) is 0 Å². The lowest BCUT2D eigenvalue weighted by atomic mass is 9.87. The third-order valence-electron chi connectivity index (χ3n) is 2.44. The van der Waals surface area contributed by atoms with Crippen LogP contribution >= 0.6 is 11.8 Å². The predicted molar refractivity (Wildman–Crippen MR) is 74.0 cm³/mol. The van der Waals surface area contributed by atoms with Crippen molar-refractivity contribution in [1.82, 2.24) is 10.3 Å². The second-order valence-corrected chi connectivity index (χ2v) is 6.23. The van der Waals surface area contributed by atoms with Crippen LogP contribution in [0.15, 0.2) is 29.4 Å². The number of nitrogens with one attached hydrogen (secondary N) is 1. The second-order valence-electron chi connectivity index (χ2n) is 5.18. The van der Waals surface area contributed by atoms with Gasteiger partial charge < -0.3 is 10.4 Å². The molecule has 19 heavy (non-hydrogen) atoms. The Balaban J connectivity index is 2.52. The van der Waals surface area contributed by atoms with Crippen LogP contribution in [0.1, 0.15) is 20.8 Å². The normalized spacial score (nSPS) is 12.8. The van der Waals surface area contributed by atoms with Crippen LogP contribution in [0.2, 0.25) is 0 Å². The van der Waals surface area contributed by atoms with Crippen molar-refractivity contribution in [2.75, 3.05) is 5.75 Å². The second kappa shape index (κ2) is 6.56. The Labute approximate surface area is 116 Å². The molecular weight excluding hydrogens is 264 g/mol. The summed E-state index contributed by atoms with van der Waals surface area (Å²) in [5.41, 5.74) is -0.525. The number of rotatable bonds is 5. The maximum atomic E-state index is 11.8. The van der Waals surface area contributed by atoms with Gasteiger partial charge in [0.05, 0.1) is 5.75 Å². The fourth-order valence-electron chi connectivity index (χ4n) is 1.43. The molecule has 0 spiro atoms. The number of pyridine rings is 1. The Kier molecular flexibility index (Phi) is 5.35. The fourth-order valence-corrected chi connectivity index (χ4v) is 2.13. The van der Waals surface area contributed by atoms with Gasteiger partial charge in [0.15, 0.2) is 0 Å². The highest BCUT2D eigenvalue weighted by molar-refractivity contribution is 8.00. The van der Waals surface area contributed by atoms with E-state index in [1.54, 1.807) is 45.3 Å². The number of hydrogen-bond acceptors (Lipinski definition) is 4. The topological polar surface area (TPSA) is 79.3 Å². The van der Waals surface area contributed by atoms with Gasteiger partial charge >= 0.3 is 5.97 Å². The lowest BCUT2D eigenvalue weighted by Gasteiger charge is -2.27. The van der Waals surface area contributed by atoms with Gasteiger partial charge in [-0.2, -0.15) is 0 Å². The molecule has 0 saturated carbocycles. The number of carbonyl (C=O) groups is 2. The molecule has 5 nitrogen and oxygen atoms in total. The molecule has 0 aromatic carbocycles. The number of aliphatic carboxylic acids is 1. The number of amides is 1. The highest BCUT2D eigenvalue weighted by Crippen LogP contribution is 2.20. The minimum absolute atomic E-state index is 0.184. The molecule has 104 valence electrons. The summed E-state index contributed by atoms with van der Waals surface area (Å²) in [6.07, 6.45) is 3.30. The number of carboxylic acids is 1. The number of thioether (sulfide) groups is 1. The van der Waals surface area contributed by atoms with Crippen LogP contribution < -0.4 is 5.32 Å². The maximum absolute atomic E-state index is 11.8. The maximum Gasteiger partial charge on any atom is 0.326 e. The minimum atomic E-state index is -1.02. The van der Waals surface area contributed by atoms with E-state index in [1.165, 1.54) is 11.8 Å². The van der Waals surface area contributed by atoms with E-state index in [2.05, 4.69) is 10.3 Å². The highest BCUT2D eigenvalue weighted by atomic mass is 32.2. The van der Waals surface area contributed by atoms with Crippen molar-refractivity contribution in [3.8, 4) is 0 Å². The predicted octanol–water partition coefficient (Wildman–Crippen LogP) is 1.79. The molecule has 0 fully saturated rings. The molecule has 2 N–H and O–H groups in total. The van der Waals surface area contributed by atoms with Crippen molar-refractivity contribution in [2.45, 2.75) is 31.7 Å². The van der Waals surface area contributed by atoms with E-state index in [9.17, 15) is 9.59 Å². The molecule has 0 saturated heterocycles. The van der Waals surface area contributed by atoms with E-state index >= 15 is 0 Å². The first-order valence-corrected chi connectivity index (χ1v) is 6.84.